The van der Waals surface area contributed by atoms with Crippen molar-refractivity contribution in [2.45, 2.75) is 17.6 Å². The first-order chi connectivity index (χ1) is 11.6. The number of rotatable bonds is 4. The molecule has 3 aromatic rings. The highest BCUT2D eigenvalue weighted by Crippen LogP contribution is 2.29. The molecule has 0 saturated heterocycles. The molecular weight excluding hydrogens is 362 g/mol. The van der Waals surface area contributed by atoms with Crippen molar-refractivity contribution in [3.63, 3.8) is 0 Å². The van der Waals surface area contributed by atoms with Crippen molar-refractivity contribution in [2.75, 3.05) is 0 Å². The monoisotopic (exact) mass is 373 g/mol. The van der Waals surface area contributed by atoms with E-state index < -0.39 is 27.6 Å². The molecule has 5 nitrogen and oxygen atoms in total. The van der Waals surface area contributed by atoms with Gasteiger partial charge in [-0.1, -0.05) is 0 Å². The molecule has 0 saturated carbocycles. The highest BCUT2D eigenvalue weighted by atomic mass is 32.2. The molecule has 1 aromatic carbocycles. The molecule has 0 aliphatic heterocycles. The van der Waals surface area contributed by atoms with Crippen LogP contribution in [0.25, 0.3) is 5.65 Å². The Morgan fingerprint density at radius 2 is 1.72 bits per heavy atom. The van der Waals surface area contributed by atoms with E-state index in [1.807, 2.05) is 0 Å². The van der Waals surface area contributed by atoms with Gasteiger partial charge in [-0.2, -0.15) is 13.2 Å². The second kappa shape index (κ2) is 6.12. The molecule has 0 amide bonds. The molecule has 3 rings (SSSR count). The summed E-state index contributed by atoms with van der Waals surface area (Å²) >= 11 is 0. The lowest BCUT2D eigenvalue weighted by molar-refractivity contribution is -0.137. The molecule has 0 bridgehead atoms. The minimum absolute atomic E-state index is 0.128. The standard InChI is InChI=1S/C15H11F4N3O2S/c16-11-2-4-13(5-3-11)25(23,24)20-7-12-9-22-8-10(15(17,18)19)1-6-14(22)21-12/h1-6,8-9,20H,7H2. The van der Waals surface area contributed by atoms with E-state index >= 15 is 0 Å². The minimum Gasteiger partial charge on any atom is -0.306 e. The number of halogens is 4. The second-order valence-corrected chi connectivity index (χ2v) is 6.96. The van der Waals surface area contributed by atoms with Gasteiger partial charge in [-0.05, 0) is 36.4 Å². The summed E-state index contributed by atoms with van der Waals surface area (Å²) in [6.07, 6.45) is -2.30. The van der Waals surface area contributed by atoms with Gasteiger partial charge in [0.05, 0.1) is 22.7 Å². The average molecular weight is 373 g/mol. The molecule has 2 aromatic heterocycles. The first-order valence-electron chi connectivity index (χ1n) is 6.95. The van der Waals surface area contributed by atoms with Gasteiger partial charge in [0.2, 0.25) is 10.0 Å². The van der Waals surface area contributed by atoms with E-state index in [0.29, 0.717) is 0 Å². The third kappa shape index (κ3) is 3.80. The summed E-state index contributed by atoms with van der Waals surface area (Å²) in [5.74, 6) is -0.570. The number of fused-ring (bicyclic) bond motifs is 1. The quantitative estimate of drug-likeness (QED) is 0.715. The van der Waals surface area contributed by atoms with Gasteiger partial charge < -0.3 is 4.40 Å². The molecule has 25 heavy (non-hydrogen) atoms. The first kappa shape index (κ1) is 17.4. The number of aromatic nitrogens is 2. The van der Waals surface area contributed by atoms with Gasteiger partial charge >= 0.3 is 6.18 Å². The maximum atomic E-state index is 12.9. The molecule has 0 atom stereocenters. The Hall–Kier alpha value is -2.46. The molecule has 132 valence electrons. The normalized spacial score (nSPS) is 12.6. The molecule has 1 N–H and O–H groups in total. The number of imidazole rings is 1. The number of alkyl halides is 3. The number of hydrogen-bond donors (Lipinski definition) is 1. The molecule has 2 heterocycles. The van der Waals surface area contributed by atoms with E-state index in [9.17, 15) is 26.0 Å². The summed E-state index contributed by atoms with van der Waals surface area (Å²) in [5, 5.41) is 0. The lowest BCUT2D eigenvalue weighted by Crippen LogP contribution is -2.23. The zero-order valence-electron chi connectivity index (χ0n) is 12.5. The van der Waals surface area contributed by atoms with E-state index in [0.717, 1.165) is 36.5 Å². The predicted octanol–water partition coefficient (Wildman–Crippen LogP) is 2.97. The number of pyridine rings is 1. The van der Waals surface area contributed by atoms with Crippen LogP contribution in [0, 0.1) is 5.82 Å². The molecule has 0 spiro atoms. The highest BCUT2D eigenvalue weighted by Gasteiger charge is 2.30. The SMILES string of the molecule is O=S(=O)(NCc1cn2cc(C(F)(F)F)ccc2n1)c1ccc(F)cc1. The Labute approximate surface area is 140 Å². The fourth-order valence-electron chi connectivity index (χ4n) is 2.16. The van der Waals surface area contributed by atoms with Crippen molar-refractivity contribution in [2.24, 2.45) is 0 Å². The summed E-state index contributed by atoms with van der Waals surface area (Å²) < 4.78 is 78.6. The van der Waals surface area contributed by atoms with Crippen molar-refractivity contribution in [1.29, 1.82) is 0 Å². The fourth-order valence-corrected chi connectivity index (χ4v) is 3.16. The van der Waals surface area contributed by atoms with Crippen LogP contribution in [-0.4, -0.2) is 17.8 Å². The number of hydrogen-bond acceptors (Lipinski definition) is 3. The highest BCUT2D eigenvalue weighted by molar-refractivity contribution is 7.89. The van der Waals surface area contributed by atoms with E-state index in [-0.39, 0.29) is 22.8 Å². The second-order valence-electron chi connectivity index (χ2n) is 5.19. The van der Waals surface area contributed by atoms with E-state index in [2.05, 4.69) is 9.71 Å². The number of nitrogens with zero attached hydrogens (tertiary/aromatic N) is 2. The zero-order valence-corrected chi connectivity index (χ0v) is 13.3. The maximum absolute atomic E-state index is 12.9. The lowest BCUT2D eigenvalue weighted by atomic mass is 10.3. The van der Waals surface area contributed by atoms with Gasteiger partial charge in [-0.25, -0.2) is 22.5 Å². The number of benzene rings is 1. The summed E-state index contributed by atoms with van der Waals surface area (Å²) in [7, 11) is -3.89. The fraction of sp³-hybridized carbons (Fsp3) is 0.133. The third-order valence-electron chi connectivity index (χ3n) is 3.40. The Bertz CT molecular complexity index is 1010. The van der Waals surface area contributed by atoms with Crippen molar-refractivity contribution >= 4 is 15.7 Å². The van der Waals surface area contributed by atoms with Gasteiger partial charge in [0.15, 0.2) is 0 Å². The minimum atomic E-state index is -4.48. The van der Waals surface area contributed by atoms with Crippen LogP contribution in [0.15, 0.2) is 53.7 Å². The van der Waals surface area contributed by atoms with E-state index in [1.165, 1.54) is 16.7 Å². The smallest absolute Gasteiger partial charge is 0.306 e. The van der Waals surface area contributed by atoms with Crippen molar-refractivity contribution < 1.29 is 26.0 Å². The van der Waals surface area contributed by atoms with Crippen LogP contribution < -0.4 is 4.72 Å². The van der Waals surface area contributed by atoms with Gasteiger partial charge in [0, 0.05) is 12.4 Å². The van der Waals surface area contributed by atoms with Crippen molar-refractivity contribution in [3.05, 3.63) is 65.9 Å². The summed E-state index contributed by atoms with van der Waals surface area (Å²) in [6.45, 7) is -0.220. The molecule has 0 aliphatic rings. The number of nitrogens with one attached hydrogen (secondary N) is 1. The summed E-state index contributed by atoms with van der Waals surface area (Å²) in [6, 6.07) is 6.33. The largest absolute Gasteiger partial charge is 0.417 e. The van der Waals surface area contributed by atoms with Crippen molar-refractivity contribution in [3.8, 4) is 0 Å². The maximum Gasteiger partial charge on any atom is 0.417 e. The van der Waals surface area contributed by atoms with Crippen molar-refractivity contribution in [1.82, 2.24) is 14.1 Å². The predicted molar refractivity (Wildman–Crippen MR) is 80.6 cm³/mol. The topological polar surface area (TPSA) is 63.5 Å². The Kier molecular flexibility index (Phi) is 4.25. The first-order valence-corrected chi connectivity index (χ1v) is 8.43. The molecule has 0 aliphatic carbocycles. The molecule has 0 radical (unpaired) electrons. The Balaban J connectivity index is 1.80. The van der Waals surface area contributed by atoms with Crippen LogP contribution in [0.3, 0.4) is 0 Å². The van der Waals surface area contributed by atoms with E-state index in [4.69, 9.17) is 0 Å². The molecule has 0 fully saturated rings. The van der Waals surface area contributed by atoms with Crippen LogP contribution >= 0.6 is 0 Å². The zero-order chi connectivity index (χ0) is 18.2. The molecular formula is C15H11F4N3O2S. The summed E-state index contributed by atoms with van der Waals surface area (Å²) in [5.41, 5.74) is -0.343. The Morgan fingerprint density at radius 1 is 1.04 bits per heavy atom. The van der Waals surface area contributed by atoms with Gasteiger partial charge in [0.1, 0.15) is 11.5 Å². The van der Waals surface area contributed by atoms with Crippen LogP contribution in [0.2, 0.25) is 0 Å². The Morgan fingerprint density at radius 3 is 2.36 bits per heavy atom. The molecule has 0 unspecified atom stereocenters. The van der Waals surface area contributed by atoms with Crippen LogP contribution in [0.5, 0.6) is 0 Å². The van der Waals surface area contributed by atoms with Crippen LogP contribution in [0.1, 0.15) is 11.3 Å². The third-order valence-corrected chi connectivity index (χ3v) is 4.81. The van der Waals surface area contributed by atoms with Crippen LogP contribution in [-0.2, 0) is 22.7 Å². The lowest BCUT2D eigenvalue weighted by Gasteiger charge is -2.05. The molecule has 10 heteroatoms. The van der Waals surface area contributed by atoms with Gasteiger partial charge in [0.25, 0.3) is 0 Å². The van der Waals surface area contributed by atoms with Crippen LogP contribution in [0.4, 0.5) is 17.6 Å². The summed E-state index contributed by atoms with van der Waals surface area (Å²) in [4.78, 5) is 3.93. The van der Waals surface area contributed by atoms with E-state index in [1.54, 1.807) is 0 Å². The van der Waals surface area contributed by atoms with Gasteiger partial charge in [-0.3, -0.25) is 0 Å². The average Bonchev–Trinajstić information content (AvgIpc) is 2.95. The number of sulfonamides is 1. The van der Waals surface area contributed by atoms with Gasteiger partial charge in [-0.15, -0.1) is 0 Å².